The summed E-state index contributed by atoms with van der Waals surface area (Å²) in [5.41, 5.74) is -2.35. The van der Waals surface area contributed by atoms with E-state index in [4.69, 9.17) is 16.3 Å². The van der Waals surface area contributed by atoms with Crippen LogP contribution in [0.3, 0.4) is 0 Å². The van der Waals surface area contributed by atoms with Crippen LogP contribution in [0, 0.1) is 15.9 Å². The van der Waals surface area contributed by atoms with E-state index in [9.17, 15) is 32.5 Å². The van der Waals surface area contributed by atoms with Crippen LogP contribution in [0.1, 0.15) is 16.2 Å². The minimum Gasteiger partial charge on any atom is -0.457 e. The number of nitro benzene ring substituents is 1. The van der Waals surface area contributed by atoms with Crippen molar-refractivity contribution in [2.24, 2.45) is 0 Å². The van der Waals surface area contributed by atoms with E-state index < -0.39 is 39.9 Å². The summed E-state index contributed by atoms with van der Waals surface area (Å²) in [5.74, 6) is -1.22. The molecule has 9 nitrogen and oxygen atoms in total. The average molecular weight is 572 g/mol. The molecular formula is C26H14ClF4N5O4. The lowest BCUT2D eigenvalue weighted by Gasteiger charge is -2.11. The second-order valence-electron chi connectivity index (χ2n) is 8.31. The number of alkyl halides is 3. The van der Waals surface area contributed by atoms with Gasteiger partial charge in [0.25, 0.3) is 11.6 Å². The van der Waals surface area contributed by atoms with Gasteiger partial charge in [0.1, 0.15) is 17.3 Å². The average Bonchev–Trinajstić information content (AvgIpc) is 3.33. The molecule has 5 rings (SSSR count). The number of hydrogen-bond acceptors (Lipinski definition) is 6. The Kier molecular flexibility index (Phi) is 6.81. The number of carbonyl (C=O) groups is 1. The van der Waals surface area contributed by atoms with Gasteiger partial charge in [0.05, 0.1) is 22.4 Å². The highest BCUT2D eigenvalue weighted by Crippen LogP contribution is 2.33. The van der Waals surface area contributed by atoms with Crippen LogP contribution >= 0.6 is 11.6 Å². The molecule has 0 fully saturated rings. The Morgan fingerprint density at radius 3 is 2.33 bits per heavy atom. The standard InChI is InChI=1S/C26H14ClF4N5O4/c27-15-3-7-19(8-4-15)40-20-10-17(9-18(11-20)36(38)39)32-25(37)22-13-24-33-21(14-1-5-16(28)6-2-14)12-23(26(29,30)31)35(24)34-22/h1-13H,(H,32,37). The number of nitrogens with zero attached hydrogens (tertiary/aromatic N) is 4. The second-order valence-corrected chi connectivity index (χ2v) is 8.75. The zero-order chi connectivity index (χ0) is 28.6. The number of halogens is 5. The van der Waals surface area contributed by atoms with Gasteiger partial charge in [-0.1, -0.05) is 11.6 Å². The highest BCUT2D eigenvalue weighted by molar-refractivity contribution is 6.30. The van der Waals surface area contributed by atoms with Crippen molar-refractivity contribution in [1.29, 1.82) is 0 Å². The fraction of sp³-hybridized carbons (Fsp3) is 0.0385. The number of amides is 1. The van der Waals surface area contributed by atoms with Gasteiger partial charge in [0.15, 0.2) is 17.0 Å². The SMILES string of the molecule is O=C(Nc1cc(Oc2ccc(Cl)cc2)cc([N+](=O)[O-])c1)c1cc2nc(-c3ccc(F)cc3)cc(C(F)(F)F)n2n1. The van der Waals surface area contributed by atoms with E-state index in [1.165, 1.54) is 30.3 Å². The van der Waals surface area contributed by atoms with Crippen molar-refractivity contribution in [3.63, 3.8) is 0 Å². The minimum absolute atomic E-state index is 0.00629. The lowest BCUT2D eigenvalue weighted by molar-refractivity contribution is -0.384. The zero-order valence-electron chi connectivity index (χ0n) is 19.8. The molecule has 0 bridgehead atoms. The third-order valence-electron chi connectivity index (χ3n) is 5.50. The summed E-state index contributed by atoms with van der Waals surface area (Å²) in [5, 5.41) is 18.0. The molecule has 14 heteroatoms. The van der Waals surface area contributed by atoms with E-state index in [0.29, 0.717) is 15.3 Å². The third kappa shape index (κ3) is 5.68. The number of nitrogens with one attached hydrogen (secondary N) is 1. The number of rotatable bonds is 6. The summed E-state index contributed by atoms with van der Waals surface area (Å²) in [4.78, 5) is 27.8. The Balaban J connectivity index is 1.49. The fourth-order valence-electron chi connectivity index (χ4n) is 3.71. The van der Waals surface area contributed by atoms with Crippen molar-refractivity contribution in [2.45, 2.75) is 6.18 Å². The highest BCUT2D eigenvalue weighted by atomic mass is 35.5. The van der Waals surface area contributed by atoms with Gasteiger partial charge >= 0.3 is 6.18 Å². The van der Waals surface area contributed by atoms with Gasteiger partial charge in [0.2, 0.25) is 0 Å². The summed E-state index contributed by atoms with van der Waals surface area (Å²) in [6.07, 6.45) is -4.87. The molecule has 0 radical (unpaired) electrons. The Morgan fingerprint density at radius 2 is 1.68 bits per heavy atom. The van der Waals surface area contributed by atoms with Crippen LogP contribution in [0.25, 0.3) is 16.9 Å². The quantitative estimate of drug-likeness (QED) is 0.131. The number of ether oxygens (including phenoxy) is 1. The van der Waals surface area contributed by atoms with Crippen molar-refractivity contribution in [2.75, 3.05) is 5.32 Å². The minimum atomic E-state index is -4.87. The maximum atomic E-state index is 13.9. The molecule has 2 heterocycles. The van der Waals surface area contributed by atoms with Crippen LogP contribution in [0.2, 0.25) is 5.02 Å². The van der Waals surface area contributed by atoms with E-state index in [2.05, 4.69) is 15.4 Å². The Hall–Kier alpha value is -5.04. The number of anilines is 1. The van der Waals surface area contributed by atoms with Crippen LogP contribution in [-0.4, -0.2) is 25.4 Å². The monoisotopic (exact) mass is 571 g/mol. The summed E-state index contributed by atoms with van der Waals surface area (Å²) in [6, 6.07) is 16.1. The molecule has 1 N–H and O–H groups in total. The van der Waals surface area contributed by atoms with E-state index in [-0.39, 0.29) is 28.3 Å². The number of benzene rings is 3. The van der Waals surface area contributed by atoms with E-state index in [1.54, 1.807) is 12.1 Å². The lowest BCUT2D eigenvalue weighted by atomic mass is 10.1. The first-order chi connectivity index (χ1) is 19.0. The molecule has 5 aromatic rings. The van der Waals surface area contributed by atoms with Gasteiger partial charge in [-0.3, -0.25) is 14.9 Å². The number of aromatic nitrogens is 3. The summed E-state index contributed by atoms with van der Waals surface area (Å²) >= 11 is 5.85. The molecule has 3 aromatic carbocycles. The van der Waals surface area contributed by atoms with Crippen LogP contribution < -0.4 is 10.1 Å². The predicted molar refractivity (Wildman–Crippen MR) is 136 cm³/mol. The van der Waals surface area contributed by atoms with Crippen molar-refractivity contribution in [1.82, 2.24) is 14.6 Å². The molecule has 0 unspecified atom stereocenters. The number of non-ortho nitro benzene ring substituents is 1. The first kappa shape index (κ1) is 26.6. The predicted octanol–water partition coefficient (Wildman–Crippen LogP) is 7.16. The lowest BCUT2D eigenvalue weighted by Crippen LogP contribution is -2.16. The molecule has 202 valence electrons. The van der Waals surface area contributed by atoms with Gasteiger partial charge in [0, 0.05) is 28.8 Å². The van der Waals surface area contributed by atoms with Crippen LogP contribution in [0.15, 0.2) is 78.9 Å². The first-order valence-corrected chi connectivity index (χ1v) is 11.6. The number of fused-ring (bicyclic) bond motifs is 1. The molecule has 0 aliphatic carbocycles. The van der Waals surface area contributed by atoms with Crippen molar-refractivity contribution in [3.8, 4) is 22.8 Å². The molecule has 0 aliphatic rings. The molecule has 0 spiro atoms. The Labute approximate surface area is 226 Å². The molecule has 0 aliphatic heterocycles. The van der Waals surface area contributed by atoms with Gasteiger partial charge in [-0.25, -0.2) is 13.9 Å². The Morgan fingerprint density at radius 1 is 0.975 bits per heavy atom. The van der Waals surface area contributed by atoms with E-state index in [1.807, 2.05) is 0 Å². The number of carbonyl (C=O) groups excluding carboxylic acids is 1. The van der Waals surface area contributed by atoms with Crippen molar-refractivity contribution >= 4 is 34.5 Å². The Bertz CT molecular complexity index is 1760. The summed E-state index contributed by atoms with van der Waals surface area (Å²) in [6.45, 7) is 0. The molecular weight excluding hydrogens is 558 g/mol. The molecule has 2 aromatic heterocycles. The van der Waals surface area contributed by atoms with Crippen molar-refractivity contribution < 1.29 is 32.0 Å². The van der Waals surface area contributed by atoms with Crippen LogP contribution in [0.5, 0.6) is 11.5 Å². The summed E-state index contributed by atoms with van der Waals surface area (Å²) < 4.78 is 61.0. The first-order valence-electron chi connectivity index (χ1n) is 11.2. The maximum absolute atomic E-state index is 13.9. The molecule has 0 saturated carbocycles. The topological polar surface area (TPSA) is 112 Å². The van der Waals surface area contributed by atoms with Gasteiger partial charge < -0.3 is 10.1 Å². The highest BCUT2D eigenvalue weighted by Gasteiger charge is 2.35. The van der Waals surface area contributed by atoms with Crippen LogP contribution in [0.4, 0.5) is 28.9 Å². The molecule has 0 saturated heterocycles. The number of hydrogen-bond donors (Lipinski definition) is 1. The smallest absolute Gasteiger partial charge is 0.433 e. The number of nitro groups is 1. The van der Waals surface area contributed by atoms with E-state index >= 15 is 0 Å². The van der Waals surface area contributed by atoms with Gasteiger partial charge in [-0.15, -0.1) is 0 Å². The summed E-state index contributed by atoms with van der Waals surface area (Å²) in [7, 11) is 0. The third-order valence-corrected chi connectivity index (χ3v) is 5.75. The van der Waals surface area contributed by atoms with E-state index in [0.717, 1.165) is 36.4 Å². The van der Waals surface area contributed by atoms with Crippen molar-refractivity contribution in [3.05, 3.63) is 111 Å². The van der Waals surface area contributed by atoms with Gasteiger partial charge in [-0.05, 0) is 54.6 Å². The van der Waals surface area contributed by atoms with Gasteiger partial charge in [-0.2, -0.15) is 18.3 Å². The zero-order valence-corrected chi connectivity index (χ0v) is 20.6. The maximum Gasteiger partial charge on any atom is 0.433 e. The van der Waals surface area contributed by atoms with Crippen LogP contribution in [-0.2, 0) is 6.18 Å². The fourth-order valence-corrected chi connectivity index (χ4v) is 3.84. The second kappa shape index (κ2) is 10.3. The largest absolute Gasteiger partial charge is 0.457 e. The molecule has 0 atom stereocenters. The molecule has 40 heavy (non-hydrogen) atoms. The normalized spacial score (nSPS) is 11.4. The molecule has 1 amide bonds.